The molecule has 3 nitrogen and oxygen atoms in total. The summed E-state index contributed by atoms with van der Waals surface area (Å²) in [5.74, 6) is 0. The Morgan fingerprint density at radius 3 is 2.56 bits per heavy atom. The van der Waals surface area contributed by atoms with Crippen LogP contribution < -0.4 is 0 Å². The molecule has 0 saturated heterocycles. The van der Waals surface area contributed by atoms with E-state index < -0.39 is 0 Å². The summed E-state index contributed by atoms with van der Waals surface area (Å²) >= 11 is 0. The maximum absolute atomic E-state index is 4.49. The van der Waals surface area contributed by atoms with Gasteiger partial charge >= 0.3 is 0 Å². The van der Waals surface area contributed by atoms with Gasteiger partial charge in [-0.15, -0.1) is 0 Å². The maximum atomic E-state index is 4.49. The van der Waals surface area contributed by atoms with Gasteiger partial charge in [-0.3, -0.25) is 10.00 Å². The van der Waals surface area contributed by atoms with Crippen molar-refractivity contribution in [2.45, 2.75) is 59.0 Å². The van der Waals surface area contributed by atoms with Crippen molar-refractivity contribution in [3.63, 3.8) is 0 Å². The van der Waals surface area contributed by atoms with Crippen LogP contribution in [-0.2, 0) is 18.4 Å². The second-order valence-corrected chi connectivity index (χ2v) is 6.09. The highest BCUT2D eigenvalue weighted by Gasteiger charge is 2.28. The van der Waals surface area contributed by atoms with Crippen molar-refractivity contribution in [2.75, 3.05) is 6.54 Å². The van der Waals surface area contributed by atoms with Gasteiger partial charge in [0.25, 0.3) is 0 Å². The molecule has 1 aliphatic rings. The Morgan fingerprint density at radius 2 is 2.00 bits per heavy atom. The number of fused-ring (bicyclic) bond motifs is 1. The number of nitrogens with one attached hydrogen (secondary N) is 1. The lowest BCUT2D eigenvalue weighted by molar-refractivity contribution is 0.200. The summed E-state index contributed by atoms with van der Waals surface area (Å²) in [4.78, 5) is 2.48. The number of rotatable bonds is 1. The fourth-order valence-electron chi connectivity index (χ4n) is 2.39. The molecule has 3 heteroatoms. The fourth-order valence-corrected chi connectivity index (χ4v) is 2.39. The summed E-state index contributed by atoms with van der Waals surface area (Å²) in [5, 5.41) is 7.73. The predicted molar refractivity (Wildman–Crippen MR) is 66.5 cm³/mol. The summed E-state index contributed by atoms with van der Waals surface area (Å²) in [6.45, 7) is 13.4. The van der Waals surface area contributed by atoms with Crippen molar-refractivity contribution in [3.8, 4) is 0 Å². The molecule has 0 aromatic carbocycles. The van der Waals surface area contributed by atoms with E-state index in [0.29, 0.717) is 6.04 Å². The zero-order chi connectivity index (χ0) is 11.9. The van der Waals surface area contributed by atoms with Crippen LogP contribution in [0.15, 0.2) is 0 Å². The summed E-state index contributed by atoms with van der Waals surface area (Å²) in [7, 11) is 0. The minimum absolute atomic E-state index is 0.181. The molecule has 1 aromatic heterocycles. The molecule has 0 unspecified atom stereocenters. The fraction of sp³-hybridized carbons (Fsp3) is 0.769. The van der Waals surface area contributed by atoms with E-state index in [9.17, 15) is 0 Å². The van der Waals surface area contributed by atoms with Gasteiger partial charge in [0.1, 0.15) is 0 Å². The smallest absolute Gasteiger partial charge is 0.0797 e. The van der Waals surface area contributed by atoms with Crippen molar-refractivity contribution in [3.05, 3.63) is 17.0 Å². The molecule has 90 valence electrons. The normalized spacial score (nSPS) is 17.9. The van der Waals surface area contributed by atoms with E-state index in [0.717, 1.165) is 19.5 Å². The summed E-state index contributed by atoms with van der Waals surface area (Å²) in [5.41, 5.74) is 4.22. The van der Waals surface area contributed by atoms with Crippen molar-refractivity contribution in [1.29, 1.82) is 0 Å². The molecule has 16 heavy (non-hydrogen) atoms. The molecule has 0 spiro atoms. The number of hydrogen-bond donors (Lipinski definition) is 1. The van der Waals surface area contributed by atoms with Crippen LogP contribution in [0.25, 0.3) is 0 Å². The van der Waals surface area contributed by atoms with Gasteiger partial charge in [0.2, 0.25) is 0 Å². The Labute approximate surface area is 98.2 Å². The highest BCUT2D eigenvalue weighted by molar-refractivity contribution is 5.32. The lowest BCUT2D eigenvalue weighted by Crippen LogP contribution is -2.36. The highest BCUT2D eigenvalue weighted by Crippen LogP contribution is 2.29. The average Bonchev–Trinajstić information content (AvgIpc) is 2.58. The molecule has 0 radical (unpaired) electrons. The van der Waals surface area contributed by atoms with E-state index >= 15 is 0 Å². The van der Waals surface area contributed by atoms with E-state index in [2.05, 4.69) is 49.7 Å². The summed E-state index contributed by atoms with van der Waals surface area (Å²) < 4.78 is 0. The van der Waals surface area contributed by atoms with Crippen LogP contribution in [0.3, 0.4) is 0 Å². The molecule has 2 rings (SSSR count). The van der Waals surface area contributed by atoms with Crippen LogP contribution in [0.4, 0.5) is 0 Å². The first-order valence-electron chi connectivity index (χ1n) is 6.20. The number of aromatic nitrogens is 2. The molecule has 0 atom stereocenters. The third kappa shape index (κ3) is 2.01. The van der Waals surface area contributed by atoms with E-state index in [1.165, 1.54) is 17.0 Å². The number of aromatic amines is 1. The van der Waals surface area contributed by atoms with Crippen LogP contribution in [0.5, 0.6) is 0 Å². The number of hydrogen-bond acceptors (Lipinski definition) is 2. The highest BCUT2D eigenvalue weighted by atomic mass is 15.2. The van der Waals surface area contributed by atoms with Crippen LogP contribution in [-0.4, -0.2) is 27.7 Å². The topological polar surface area (TPSA) is 31.9 Å². The number of H-pyrrole nitrogens is 1. The van der Waals surface area contributed by atoms with Crippen molar-refractivity contribution in [2.24, 2.45) is 0 Å². The predicted octanol–water partition coefficient (Wildman–Crippen LogP) is 2.47. The molecule has 0 aliphatic carbocycles. The van der Waals surface area contributed by atoms with E-state index in [4.69, 9.17) is 0 Å². The van der Waals surface area contributed by atoms with Gasteiger partial charge in [0.15, 0.2) is 0 Å². The molecule has 1 aromatic rings. The van der Waals surface area contributed by atoms with Gasteiger partial charge in [-0.1, -0.05) is 20.8 Å². The van der Waals surface area contributed by atoms with Crippen LogP contribution >= 0.6 is 0 Å². The van der Waals surface area contributed by atoms with E-state index in [1.807, 2.05) is 0 Å². The van der Waals surface area contributed by atoms with Crippen molar-refractivity contribution < 1.29 is 0 Å². The van der Waals surface area contributed by atoms with Gasteiger partial charge in [0, 0.05) is 30.2 Å². The van der Waals surface area contributed by atoms with Gasteiger partial charge in [-0.05, 0) is 25.8 Å². The second kappa shape index (κ2) is 3.88. The third-order valence-corrected chi connectivity index (χ3v) is 3.43. The molecule has 1 aliphatic heterocycles. The minimum Gasteiger partial charge on any atom is -0.295 e. The zero-order valence-electron chi connectivity index (χ0n) is 11.1. The Kier molecular flexibility index (Phi) is 2.82. The Morgan fingerprint density at radius 1 is 1.31 bits per heavy atom. The lowest BCUT2D eigenvalue weighted by atomic mass is 9.87. The van der Waals surface area contributed by atoms with Gasteiger partial charge in [-0.2, -0.15) is 5.10 Å². The van der Waals surface area contributed by atoms with Gasteiger partial charge in [-0.25, -0.2) is 0 Å². The molecule has 0 bridgehead atoms. The van der Waals surface area contributed by atoms with E-state index in [-0.39, 0.29) is 5.41 Å². The molecule has 2 heterocycles. The lowest BCUT2D eigenvalue weighted by Gasteiger charge is -2.30. The van der Waals surface area contributed by atoms with Crippen LogP contribution in [0.2, 0.25) is 0 Å². The maximum Gasteiger partial charge on any atom is 0.0797 e. The second-order valence-electron chi connectivity index (χ2n) is 6.09. The molecule has 0 fully saturated rings. The zero-order valence-corrected chi connectivity index (χ0v) is 11.1. The van der Waals surface area contributed by atoms with Gasteiger partial charge in [0.05, 0.1) is 5.69 Å². The first-order chi connectivity index (χ1) is 7.39. The standard InChI is InChI=1S/C13H23N3/c1-9(2)16-7-6-10-11(8-16)14-15-12(10)13(3,4)5/h9H,6-8H2,1-5H3,(H,14,15). The number of nitrogens with zero attached hydrogens (tertiary/aromatic N) is 2. The van der Waals surface area contributed by atoms with Crippen molar-refractivity contribution >= 4 is 0 Å². The monoisotopic (exact) mass is 221 g/mol. The first-order valence-corrected chi connectivity index (χ1v) is 6.20. The minimum atomic E-state index is 0.181. The van der Waals surface area contributed by atoms with Crippen LogP contribution in [0, 0.1) is 0 Å². The van der Waals surface area contributed by atoms with Gasteiger partial charge < -0.3 is 0 Å². The molecule has 1 N–H and O–H groups in total. The third-order valence-electron chi connectivity index (χ3n) is 3.43. The Hall–Kier alpha value is -0.830. The molecular weight excluding hydrogens is 198 g/mol. The first kappa shape index (κ1) is 11.6. The Balaban J connectivity index is 2.27. The molecular formula is C13H23N3. The summed E-state index contributed by atoms with van der Waals surface area (Å²) in [6.07, 6.45) is 1.14. The quantitative estimate of drug-likeness (QED) is 0.790. The summed E-state index contributed by atoms with van der Waals surface area (Å²) in [6, 6.07) is 0.614. The molecule has 0 saturated carbocycles. The Bertz CT molecular complexity index is 371. The SMILES string of the molecule is CC(C)N1CCc2c(n[nH]c2C(C)(C)C)C1. The van der Waals surface area contributed by atoms with Crippen LogP contribution in [0.1, 0.15) is 51.6 Å². The molecule has 0 amide bonds. The average molecular weight is 221 g/mol. The van der Waals surface area contributed by atoms with E-state index in [1.54, 1.807) is 0 Å². The van der Waals surface area contributed by atoms with Crippen molar-refractivity contribution in [1.82, 2.24) is 15.1 Å². The largest absolute Gasteiger partial charge is 0.295 e.